The van der Waals surface area contributed by atoms with Gasteiger partial charge in [-0.1, -0.05) is 6.42 Å². The summed E-state index contributed by atoms with van der Waals surface area (Å²) in [6.45, 7) is 3.36. The molecule has 1 atom stereocenters. The highest BCUT2D eigenvalue weighted by Gasteiger charge is 2.16. The minimum Gasteiger partial charge on any atom is -0.369 e. The van der Waals surface area contributed by atoms with Gasteiger partial charge in [0, 0.05) is 17.8 Å². The van der Waals surface area contributed by atoms with E-state index < -0.39 is 0 Å². The Labute approximate surface area is 115 Å². The number of hydrogen-bond donors (Lipinski definition) is 2. The van der Waals surface area contributed by atoms with Gasteiger partial charge < -0.3 is 10.6 Å². The fourth-order valence-electron chi connectivity index (χ4n) is 3.19. The first-order valence-corrected chi connectivity index (χ1v) is 7.71. The third-order valence-electron chi connectivity index (χ3n) is 4.33. The number of fused-ring (bicyclic) bond motifs is 1. The van der Waals surface area contributed by atoms with Crippen LogP contribution < -0.4 is 10.6 Å². The van der Waals surface area contributed by atoms with E-state index in [1.54, 1.807) is 6.33 Å². The first-order valence-electron chi connectivity index (χ1n) is 7.71. The molecule has 0 bridgehead atoms. The quantitative estimate of drug-likeness (QED) is 0.818. The fraction of sp³-hybridized carbons (Fsp3) is 0.733. The molecule has 3 rings (SSSR count). The molecule has 2 aliphatic rings. The smallest absolute Gasteiger partial charge is 0.132 e. The van der Waals surface area contributed by atoms with Gasteiger partial charge in [0.05, 0.1) is 0 Å². The number of hydrogen-bond acceptors (Lipinski definition) is 4. The Bertz CT molecular complexity index is 413. The van der Waals surface area contributed by atoms with Gasteiger partial charge in [-0.15, -0.1) is 0 Å². The topological polar surface area (TPSA) is 49.8 Å². The van der Waals surface area contributed by atoms with Crippen LogP contribution in [-0.2, 0) is 12.8 Å². The summed E-state index contributed by atoms with van der Waals surface area (Å²) in [5.74, 6) is 1.84. The van der Waals surface area contributed by atoms with Gasteiger partial charge in [0.15, 0.2) is 0 Å². The van der Waals surface area contributed by atoms with Gasteiger partial charge in [-0.3, -0.25) is 0 Å². The summed E-state index contributed by atoms with van der Waals surface area (Å²) >= 11 is 0. The maximum atomic E-state index is 4.48. The number of nitrogens with zero attached hydrogens (tertiary/aromatic N) is 2. The second-order valence-electron chi connectivity index (χ2n) is 5.80. The average Bonchev–Trinajstić information content (AvgIpc) is 2.72. The molecule has 1 unspecified atom stereocenters. The maximum Gasteiger partial charge on any atom is 0.132 e. The third kappa shape index (κ3) is 3.24. The van der Waals surface area contributed by atoms with E-state index in [9.17, 15) is 0 Å². The van der Waals surface area contributed by atoms with Crippen molar-refractivity contribution in [2.75, 3.05) is 25.0 Å². The van der Waals surface area contributed by atoms with E-state index in [2.05, 4.69) is 20.6 Å². The molecule has 1 aliphatic carbocycles. The molecule has 0 spiro atoms. The monoisotopic (exact) mass is 260 g/mol. The lowest BCUT2D eigenvalue weighted by atomic mass is 9.99. The van der Waals surface area contributed by atoms with Crippen LogP contribution >= 0.6 is 0 Å². The van der Waals surface area contributed by atoms with Crippen LogP contribution in [0.5, 0.6) is 0 Å². The van der Waals surface area contributed by atoms with Crippen molar-refractivity contribution < 1.29 is 0 Å². The van der Waals surface area contributed by atoms with Crippen molar-refractivity contribution in [2.24, 2.45) is 5.92 Å². The summed E-state index contributed by atoms with van der Waals surface area (Å²) < 4.78 is 0. The van der Waals surface area contributed by atoms with Crippen molar-refractivity contribution in [3.63, 3.8) is 0 Å². The Balaban J connectivity index is 1.66. The lowest BCUT2D eigenvalue weighted by molar-refractivity contribution is 0.392. The van der Waals surface area contributed by atoms with Crippen LogP contribution in [0.4, 0.5) is 5.82 Å². The first-order chi connectivity index (χ1) is 9.43. The zero-order valence-electron chi connectivity index (χ0n) is 11.6. The van der Waals surface area contributed by atoms with Gasteiger partial charge in [-0.25, -0.2) is 9.97 Å². The fourth-order valence-corrected chi connectivity index (χ4v) is 3.19. The molecule has 0 aromatic carbocycles. The molecule has 0 radical (unpaired) electrons. The molecule has 1 aliphatic heterocycles. The molecule has 4 nitrogen and oxygen atoms in total. The summed E-state index contributed by atoms with van der Waals surface area (Å²) in [7, 11) is 0. The Morgan fingerprint density at radius 3 is 3.00 bits per heavy atom. The summed E-state index contributed by atoms with van der Waals surface area (Å²) in [5, 5.41) is 7.05. The lowest BCUT2D eigenvalue weighted by Gasteiger charge is -2.23. The van der Waals surface area contributed by atoms with Crippen LogP contribution in [-0.4, -0.2) is 29.6 Å². The highest BCUT2D eigenvalue weighted by molar-refractivity contribution is 5.46. The van der Waals surface area contributed by atoms with Crippen molar-refractivity contribution >= 4 is 5.82 Å². The van der Waals surface area contributed by atoms with Crippen molar-refractivity contribution in [3.8, 4) is 0 Å². The van der Waals surface area contributed by atoms with Gasteiger partial charge in [0.25, 0.3) is 0 Å². The number of anilines is 1. The molecule has 104 valence electrons. The van der Waals surface area contributed by atoms with Gasteiger partial charge in [-0.05, 0) is 57.5 Å². The SMILES string of the molecule is c1nc2c(c(NCC3CCCNC3)n1)CCCCC2. The molecule has 4 heteroatoms. The molecule has 2 heterocycles. The summed E-state index contributed by atoms with van der Waals surface area (Å²) in [4.78, 5) is 8.95. The molecule has 1 fully saturated rings. The molecular formula is C15H24N4. The molecule has 19 heavy (non-hydrogen) atoms. The molecule has 2 N–H and O–H groups in total. The van der Waals surface area contributed by atoms with Crippen molar-refractivity contribution in [1.29, 1.82) is 0 Å². The normalized spacial score (nSPS) is 23.5. The van der Waals surface area contributed by atoms with E-state index in [-0.39, 0.29) is 0 Å². The summed E-state index contributed by atoms with van der Waals surface area (Å²) in [6.07, 6.45) is 10.5. The van der Waals surface area contributed by atoms with E-state index in [1.807, 2.05) is 0 Å². The van der Waals surface area contributed by atoms with Gasteiger partial charge >= 0.3 is 0 Å². The van der Waals surface area contributed by atoms with Crippen LogP contribution in [0.25, 0.3) is 0 Å². The van der Waals surface area contributed by atoms with E-state index in [0.29, 0.717) is 0 Å². The van der Waals surface area contributed by atoms with Crippen LogP contribution in [0.15, 0.2) is 6.33 Å². The van der Waals surface area contributed by atoms with Crippen LogP contribution in [0.1, 0.15) is 43.4 Å². The molecule has 1 aromatic rings. The highest BCUT2D eigenvalue weighted by atomic mass is 15.0. The number of nitrogens with one attached hydrogen (secondary N) is 2. The third-order valence-corrected chi connectivity index (χ3v) is 4.33. The van der Waals surface area contributed by atoms with Crippen molar-refractivity contribution in [1.82, 2.24) is 15.3 Å². The van der Waals surface area contributed by atoms with Crippen LogP contribution in [0, 0.1) is 5.92 Å². The minimum atomic E-state index is 0.741. The second-order valence-corrected chi connectivity index (χ2v) is 5.80. The molecule has 0 saturated carbocycles. The maximum absolute atomic E-state index is 4.48. The van der Waals surface area contributed by atoms with Crippen molar-refractivity contribution in [2.45, 2.75) is 44.9 Å². The first kappa shape index (κ1) is 12.9. The van der Waals surface area contributed by atoms with E-state index in [4.69, 9.17) is 0 Å². The number of aromatic nitrogens is 2. The summed E-state index contributed by atoms with van der Waals surface area (Å²) in [5.41, 5.74) is 2.65. The number of aryl methyl sites for hydroxylation is 1. The Morgan fingerprint density at radius 1 is 1.16 bits per heavy atom. The number of rotatable bonds is 3. The molecule has 0 amide bonds. The average molecular weight is 260 g/mol. The van der Waals surface area contributed by atoms with Crippen LogP contribution in [0.2, 0.25) is 0 Å². The predicted molar refractivity (Wildman–Crippen MR) is 77.4 cm³/mol. The minimum absolute atomic E-state index is 0.741. The second kappa shape index (κ2) is 6.33. The van der Waals surface area contributed by atoms with Crippen molar-refractivity contribution in [3.05, 3.63) is 17.6 Å². The molecule has 1 aromatic heterocycles. The van der Waals surface area contributed by atoms with Gasteiger partial charge in [0.1, 0.15) is 12.1 Å². The number of piperidine rings is 1. The summed E-state index contributed by atoms with van der Waals surface area (Å²) in [6, 6.07) is 0. The molecular weight excluding hydrogens is 236 g/mol. The van der Waals surface area contributed by atoms with Gasteiger partial charge in [0.2, 0.25) is 0 Å². The largest absolute Gasteiger partial charge is 0.369 e. The van der Waals surface area contributed by atoms with E-state index in [0.717, 1.165) is 37.7 Å². The van der Waals surface area contributed by atoms with E-state index in [1.165, 1.54) is 49.9 Å². The Hall–Kier alpha value is -1.16. The molecule has 1 saturated heterocycles. The highest BCUT2D eigenvalue weighted by Crippen LogP contribution is 2.24. The van der Waals surface area contributed by atoms with Gasteiger partial charge in [-0.2, -0.15) is 0 Å². The predicted octanol–water partition coefficient (Wildman–Crippen LogP) is 2.16. The zero-order chi connectivity index (χ0) is 12.9. The van der Waals surface area contributed by atoms with Crippen LogP contribution in [0.3, 0.4) is 0 Å². The zero-order valence-corrected chi connectivity index (χ0v) is 11.6. The standard InChI is InChI=1S/C15H24N4/c1-2-6-13-14(7-3-1)18-11-19-15(13)17-10-12-5-4-8-16-9-12/h11-12,16H,1-10H2,(H,17,18,19). The van der Waals surface area contributed by atoms with E-state index >= 15 is 0 Å². The Kier molecular flexibility index (Phi) is 4.28. The lowest BCUT2D eigenvalue weighted by Crippen LogP contribution is -2.33. The Morgan fingerprint density at radius 2 is 2.11 bits per heavy atom.